The van der Waals surface area contributed by atoms with E-state index in [1.54, 1.807) is 23.7 Å². The van der Waals surface area contributed by atoms with Crippen LogP contribution in [0.4, 0.5) is 15.8 Å². The molecule has 4 rings (SSSR count). The number of ether oxygens (including phenoxy) is 1. The molecule has 3 aromatic rings. The Hall–Kier alpha value is -2.90. The van der Waals surface area contributed by atoms with Crippen LogP contribution in [0.5, 0.6) is 0 Å². The number of carbonyl (C=O) groups is 1. The molecule has 1 amide bonds. The highest BCUT2D eigenvalue weighted by atomic mass is 35.5. The van der Waals surface area contributed by atoms with Crippen molar-refractivity contribution >= 4 is 28.9 Å². The minimum absolute atomic E-state index is 0.0223. The van der Waals surface area contributed by atoms with Gasteiger partial charge in [0.05, 0.1) is 35.7 Å². The maximum Gasteiger partial charge on any atom is 0.260 e. The van der Waals surface area contributed by atoms with Crippen LogP contribution in [0.2, 0.25) is 5.15 Å². The molecule has 33 heavy (non-hydrogen) atoms. The maximum absolute atomic E-state index is 14.9. The van der Waals surface area contributed by atoms with Gasteiger partial charge in [-0.2, -0.15) is 5.10 Å². The van der Waals surface area contributed by atoms with Crippen LogP contribution in [-0.4, -0.2) is 41.0 Å². The molecule has 2 heterocycles. The van der Waals surface area contributed by atoms with E-state index in [1.165, 1.54) is 6.07 Å². The normalized spacial score (nSPS) is 18.4. The predicted molar refractivity (Wildman–Crippen MR) is 129 cm³/mol. The lowest BCUT2D eigenvalue weighted by atomic mass is 10.1. The number of aromatic nitrogens is 2. The predicted octanol–water partition coefficient (Wildman–Crippen LogP) is 5.21. The Morgan fingerprint density at radius 1 is 1.15 bits per heavy atom. The molecule has 0 spiro atoms. The van der Waals surface area contributed by atoms with Crippen LogP contribution in [-0.2, 0) is 11.3 Å². The van der Waals surface area contributed by atoms with E-state index in [1.807, 2.05) is 49.9 Å². The Labute approximate surface area is 198 Å². The molecule has 0 bridgehead atoms. The van der Waals surface area contributed by atoms with E-state index in [0.717, 1.165) is 11.1 Å². The van der Waals surface area contributed by atoms with E-state index < -0.39 is 11.7 Å². The number of nitrogens with one attached hydrogen (secondary N) is 1. The van der Waals surface area contributed by atoms with Gasteiger partial charge < -0.3 is 15.0 Å². The van der Waals surface area contributed by atoms with Crippen LogP contribution >= 0.6 is 11.6 Å². The second-order valence-corrected chi connectivity index (χ2v) is 9.04. The lowest BCUT2D eigenvalue weighted by Crippen LogP contribution is -2.45. The summed E-state index contributed by atoms with van der Waals surface area (Å²) in [4.78, 5) is 14.9. The highest BCUT2D eigenvalue weighted by Gasteiger charge is 2.25. The van der Waals surface area contributed by atoms with Crippen molar-refractivity contribution in [3.63, 3.8) is 0 Å². The van der Waals surface area contributed by atoms with Crippen LogP contribution in [0.25, 0.3) is 0 Å². The highest BCUT2D eigenvalue weighted by Crippen LogP contribution is 2.27. The fourth-order valence-corrected chi connectivity index (χ4v) is 4.51. The summed E-state index contributed by atoms with van der Waals surface area (Å²) in [6, 6.07) is 12.8. The summed E-state index contributed by atoms with van der Waals surface area (Å²) in [5.41, 5.74) is 3.84. The van der Waals surface area contributed by atoms with Gasteiger partial charge in [-0.25, -0.2) is 9.07 Å². The SMILES string of the molecule is Cc1ccc(Cn2nc(C)c(C(=O)Nc3ccc(N4CC(C)OC(C)C4)c(F)c3)c2Cl)cc1. The minimum Gasteiger partial charge on any atom is -0.372 e. The molecule has 1 aliphatic rings. The molecule has 1 fully saturated rings. The molecule has 2 atom stereocenters. The Balaban J connectivity index is 1.49. The van der Waals surface area contributed by atoms with Crippen molar-refractivity contribution in [2.45, 2.75) is 46.4 Å². The van der Waals surface area contributed by atoms with Crippen molar-refractivity contribution in [2.24, 2.45) is 0 Å². The second-order valence-electron chi connectivity index (χ2n) is 8.68. The number of halogens is 2. The van der Waals surface area contributed by atoms with Crippen LogP contribution in [0.3, 0.4) is 0 Å². The third-order valence-electron chi connectivity index (χ3n) is 5.71. The molecule has 1 aliphatic heterocycles. The van der Waals surface area contributed by atoms with Gasteiger partial charge in [-0.05, 0) is 51.5 Å². The van der Waals surface area contributed by atoms with Crippen LogP contribution in [0.15, 0.2) is 42.5 Å². The topological polar surface area (TPSA) is 59.4 Å². The molecule has 1 aromatic heterocycles. The number of nitrogens with zero attached hydrogens (tertiary/aromatic N) is 3. The van der Waals surface area contributed by atoms with Crippen molar-refractivity contribution in [1.82, 2.24) is 9.78 Å². The van der Waals surface area contributed by atoms with E-state index in [-0.39, 0.29) is 22.9 Å². The molecule has 2 unspecified atom stereocenters. The van der Waals surface area contributed by atoms with Gasteiger partial charge in [-0.1, -0.05) is 41.4 Å². The van der Waals surface area contributed by atoms with Crippen molar-refractivity contribution in [1.29, 1.82) is 0 Å². The summed E-state index contributed by atoms with van der Waals surface area (Å²) in [6.45, 7) is 9.38. The van der Waals surface area contributed by atoms with Crippen LogP contribution < -0.4 is 10.2 Å². The monoisotopic (exact) mass is 470 g/mol. The van der Waals surface area contributed by atoms with Gasteiger partial charge in [-0.3, -0.25) is 4.79 Å². The standard InChI is InChI=1S/C25H28ClFN4O2/c1-15-5-7-19(8-6-15)14-31-24(26)23(18(4)29-31)25(32)28-20-9-10-22(21(27)11-20)30-12-16(2)33-17(3)13-30/h5-11,16-17H,12-14H2,1-4H3,(H,28,32). The molecule has 1 N–H and O–H groups in total. The average Bonchev–Trinajstić information content (AvgIpc) is 3.02. The van der Waals surface area contributed by atoms with Gasteiger partial charge >= 0.3 is 0 Å². The fraction of sp³-hybridized carbons (Fsp3) is 0.360. The Morgan fingerprint density at radius 2 is 1.82 bits per heavy atom. The number of amides is 1. The lowest BCUT2D eigenvalue weighted by molar-refractivity contribution is -0.00539. The smallest absolute Gasteiger partial charge is 0.260 e. The first-order valence-corrected chi connectivity index (χ1v) is 11.4. The second kappa shape index (κ2) is 9.53. The fourth-order valence-electron chi connectivity index (χ4n) is 4.19. The van der Waals surface area contributed by atoms with Gasteiger partial charge in [0, 0.05) is 18.8 Å². The number of morpholine rings is 1. The van der Waals surface area contributed by atoms with Gasteiger partial charge in [0.2, 0.25) is 0 Å². The minimum atomic E-state index is -0.423. The van der Waals surface area contributed by atoms with E-state index in [0.29, 0.717) is 36.7 Å². The summed E-state index contributed by atoms with van der Waals surface area (Å²) < 4.78 is 22.2. The van der Waals surface area contributed by atoms with Gasteiger partial charge in [0.15, 0.2) is 0 Å². The van der Waals surface area contributed by atoms with Gasteiger partial charge in [0.25, 0.3) is 5.91 Å². The van der Waals surface area contributed by atoms with Crippen LogP contribution in [0, 0.1) is 19.7 Å². The molecule has 174 valence electrons. The molecule has 0 saturated carbocycles. The molecule has 8 heteroatoms. The molecule has 1 saturated heterocycles. The van der Waals surface area contributed by atoms with Crippen molar-refractivity contribution in [2.75, 3.05) is 23.3 Å². The number of rotatable bonds is 5. The number of aryl methyl sites for hydroxylation is 2. The van der Waals surface area contributed by atoms with E-state index in [9.17, 15) is 9.18 Å². The molecular formula is C25H28ClFN4O2. The summed E-state index contributed by atoms with van der Waals surface area (Å²) in [5, 5.41) is 7.43. The van der Waals surface area contributed by atoms with E-state index in [4.69, 9.17) is 16.3 Å². The van der Waals surface area contributed by atoms with E-state index in [2.05, 4.69) is 10.4 Å². The average molecular weight is 471 g/mol. The first-order chi connectivity index (χ1) is 15.7. The molecule has 0 aliphatic carbocycles. The quantitative estimate of drug-likeness (QED) is 0.556. The number of hydrogen-bond donors (Lipinski definition) is 1. The van der Waals surface area contributed by atoms with Gasteiger partial charge in [-0.15, -0.1) is 0 Å². The third-order valence-corrected chi connectivity index (χ3v) is 6.10. The first-order valence-electron chi connectivity index (χ1n) is 11.0. The Bertz CT molecular complexity index is 1150. The molecule has 6 nitrogen and oxygen atoms in total. The number of hydrogen-bond acceptors (Lipinski definition) is 4. The largest absolute Gasteiger partial charge is 0.372 e. The van der Waals surface area contributed by atoms with Crippen molar-refractivity contribution in [3.8, 4) is 0 Å². The summed E-state index contributed by atoms with van der Waals surface area (Å²) in [7, 11) is 0. The molecule has 0 radical (unpaired) electrons. The number of anilines is 2. The van der Waals surface area contributed by atoms with Gasteiger partial charge in [0.1, 0.15) is 11.0 Å². The Morgan fingerprint density at radius 3 is 2.45 bits per heavy atom. The summed E-state index contributed by atoms with van der Waals surface area (Å²) >= 11 is 6.50. The third kappa shape index (κ3) is 5.20. The number of benzene rings is 2. The number of carbonyl (C=O) groups excluding carboxylic acids is 1. The highest BCUT2D eigenvalue weighted by molar-refractivity contribution is 6.33. The van der Waals surface area contributed by atoms with E-state index >= 15 is 0 Å². The molecule has 2 aromatic carbocycles. The van der Waals surface area contributed by atoms with Crippen LogP contribution in [0.1, 0.15) is 41.0 Å². The molecular weight excluding hydrogens is 443 g/mol. The zero-order valence-electron chi connectivity index (χ0n) is 19.2. The maximum atomic E-state index is 14.9. The lowest BCUT2D eigenvalue weighted by Gasteiger charge is -2.37. The van der Waals surface area contributed by atoms with Crippen molar-refractivity contribution < 1.29 is 13.9 Å². The zero-order chi connectivity index (χ0) is 23.7. The zero-order valence-corrected chi connectivity index (χ0v) is 20.0. The summed E-state index contributed by atoms with van der Waals surface area (Å²) in [5.74, 6) is -0.819. The van der Waals surface area contributed by atoms with Crippen molar-refractivity contribution in [3.05, 3.63) is 75.8 Å². The Kier molecular flexibility index (Phi) is 6.72. The first kappa shape index (κ1) is 23.3. The summed E-state index contributed by atoms with van der Waals surface area (Å²) in [6.07, 6.45) is 0.0446.